The summed E-state index contributed by atoms with van der Waals surface area (Å²) < 4.78 is 11.2. The van der Waals surface area contributed by atoms with Crippen LogP contribution >= 0.6 is 11.6 Å². The summed E-state index contributed by atoms with van der Waals surface area (Å²) in [6.45, 7) is 0. The van der Waals surface area contributed by atoms with Crippen molar-refractivity contribution < 1.29 is 19.2 Å². The Morgan fingerprint density at radius 1 is 1.03 bits per heavy atom. The van der Waals surface area contributed by atoms with Crippen LogP contribution in [0.4, 0.5) is 5.69 Å². The van der Waals surface area contributed by atoms with Crippen molar-refractivity contribution in [1.29, 1.82) is 0 Å². The van der Waals surface area contributed by atoms with Gasteiger partial charge in [-0.3, -0.25) is 10.1 Å². The Morgan fingerprint density at radius 2 is 1.77 bits per heavy atom. The predicted octanol–water partition coefficient (Wildman–Crippen LogP) is 5.17. The molecule has 4 aromatic rings. The van der Waals surface area contributed by atoms with Gasteiger partial charge in [0, 0.05) is 16.7 Å². The molecule has 0 unspecified atom stereocenters. The molecule has 0 saturated carbocycles. The molecule has 0 aliphatic rings. The molecule has 1 N–H and O–H groups in total. The van der Waals surface area contributed by atoms with E-state index in [9.17, 15) is 15.2 Å². The molecule has 0 bridgehead atoms. The second-order valence-electron chi connectivity index (χ2n) is 6.25. The van der Waals surface area contributed by atoms with Crippen LogP contribution in [0.1, 0.15) is 17.6 Å². The van der Waals surface area contributed by atoms with Crippen LogP contribution < -0.4 is 4.74 Å². The summed E-state index contributed by atoms with van der Waals surface area (Å²) in [5.74, 6) is 0.768. The van der Waals surface area contributed by atoms with Crippen LogP contribution in [0.2, 0.25) is 5.02 Å². The highest BCUT2D eigenvalue weighted by molar-refractivity contribution is 6.30. The van der Waals surface area contributed by atoms with Crippen molar-refractivity contribution >= 4 is 17.3 Å². The molecule has 0 spiro atoms. The molecule has 30 heavy (non-hydrogen) atoms. The number of benzene rings is 3. The lowest BCUT2D eigenvalue weighted by molar-refractivity contribution is -0.385. The first-order valence-electron chi connectivity index (χ1n) is 8.80. The van der Waals surface area contributed by atoms with E-state index in [1.807, 2.05) is 30.3 Å². The fourth-order valence-electron chi connectivity index (χ4n) is 2.75. The SMILES string of the molecule is O=[N+]([O-])c1cc(Cl)ccc1Oc1ccc([C@@H](O)c2nnc(-c3ccccc3)o2)cc1. The number of hydrogen-bond acceptors (Lipinski definition) is 7. The Hall–Kier alpha value is -3.75. The van der Waals surface area contributed by atoms with Gasteiger partial charge in [0.1, 0.15) is 5.75 Å². The van der Waals surface area contributed by atoms with Crippen molar-refractivity contribution in [3.8, 4) is 23.0 Å². The molecular weight excluding hydrogens is 410 g/mol. The number of aliphatic hydroxyl groups is 1. The quantitative estimate of drug-likeness (QED) is 0.336. The Bertz CT molecular complexity index is 1180. The van der Waals surface area contributed by atoms with E-state index in [1.54, 1.807) is 24.3 Å². The third-order valence-electron chi connectivity index (χ3n) is 4.24. The Morgan fingerprint density at radius 3 is 2.47 bits per heavy atom. The van der Waals surface area contributed by atoms with Gasteiger partial charge in [-0.1, -0.05) is 41.9 Å². The van der Waals surface area contributed by atoms with E-state index in [2.05, 4.69) is 10.2 Å². The maximum atomic E-state index is 11.2. The summed E-state index contributed by atoms with van der Waals surface area (Å²) in [5.41, 5.74) is 0.999. The number of ether oxygens (including phenoxy) is 1. The van der Waals surface area contributed by atoms with Crippen molar-refractivity contribution in [2.75, 3.05) is 0 Å². The van der Waals surface area contributed by atoms with Crippen LogP contribution in [0.3, 0.4) is 0 Å². The van der Waals surface area contributed by atoms with E-state index >= 15 is 0 Å². The zero-order valence-electron chi connectivity index (χ0n) is 15.3. The van der Waals surface area contributed by atoms with Gasteiger partial charge in [0.15, 0.2) is 6.10 Å². The molecule has 0 amide bonds. The minimum Gasteiger partial charge on any atom is -0.450 e. The average molecular weight is 424 g/mol. The molecule has 1 aromatic heterocycles. The van der Waals surface area contributed by atoms with E-state index in [0.717, 1.165) is 5.56 Å². The van der Waals surface area contributed by atoms with E-state index < -0.39 is 11.0 Å². The second kappa shape index (κ2) is 8.32. The third-order valence-corrected chi connectivity index (χ3v) is 4.47. The van der Waals surface area contributed by atoms with Gasteiger partial charge in [0.25, 0.3) is 0 Å². The normalized spacial score (nSPS) is 11.8. The summed E-state index contributed by atoms with van der Waals surface area (Å²) in [5, 5.41) is 29.8. The number of rotatable bonds is 6. The second-order valence-corrected chi connectivity index (χ2v) is 6.69. The van der Waals surface area contributed by atoms with Gasteiger partial charge in [-0.15, -0.1) is 10.2 Å². The summed E-state index contributed by atoms with van der Waals surface area (Å²) in [7, 11) is 0. The van der Waals surface area contributed by atoms with Crippen LogP contribution in [-0.2, 0) is 0 Å². The molecule has 0 aliphatic heterocycles. The number of nitro benzene ring substituents is 1. The van der Waals surface area contributed by atoms with Crippen LogP contribution in [0.15, 0.2) is 77.2 Å². The van der Waals surface area contributed by atoms with Gasteiger partial charge in [0.2, 0.25) is 17.5 Å². The van der Waals surface area contributed by atoms with Gasteiger partial charge in [-0.05, 0) is 42.0 Å². The lowest BCUT2D eigenvalue weighted by Crippen LogP contribution is -2.00. The third kappa shape index (κ3) is 4.14. The van der Waals surface area contributed by atoms with Gasteiger partial charge in [-0.25, -0.2) is 0 Å². The van der Waals surface area contributed by atoms with Crippen molar-refractivity contribution in [1.82, 2.24) is 10.2 Å². The van der Waals surface area contributed by atoms with E-state index in [0.29, 0.717) is 17.2 Å². The fraction of sp³-hybridized carbons (Fsp3) is 0.0476. The maximum Gasteiger partial charge on any atom is 0.313 e. The topological polar surface area (TPSA) is 112 Å². The Kier molecular flexibility index (Phi) is 5.42. The number of aliphatic hydroxyl groups excluding tert-OH is 1. The first kappa shape index (κ1) is 19.6. The minimum atomic E-state index is -1.13. The van der Waals surface area contributed by atoms with E-state index in [-0.39, 0.29) is 22.4 Å². The lowest BCUT2D eigenvalue weighted by Gasteiger charge is -2.09. The Labute approximate surface area is 175 Å². The zero-order valence-corrected chi connectivity index (χ0v) is 16.1. The largest absolute Gasteiger partial charge is 0.450 e. The molecule has 4 rings (SSSR count). The van der Waals surface area contributed by atoms with Gasteiger partial charge < -0.3 is 14.3 Å². The predicted molar refractivity (Wildman–Crippen MR) is 108 cm³/mol. The van der Waals surface area contributed by atoms with Crippen molar-refractivity contribution in [3.05, 3.63) is 99.4 Å². The average Bonchev–Trinajstić information content (AvgIpc) is 3.26. The minimum absolute atomic E-state index is 0.0517. The molecule has 1 heterocycles. The van der Waals surface area contributed by atoms with Crippen molar-refractivity contribution in [2.45, 2.75) is 6.10 Å². The standard InChI is InChI=1S/C21H14ClN3O5/c22-15-8-11-18(17(12-15)25(27)28)29-16-9-6-13(7-10-16)19(26)21-24-23-20(30-21)14-4-2-1-3-5-14/h1-12,19,26H/t19-/m1/s1. The molecule has 0 fully saturated rings. The first-order chi connectivity index (χ1) is 14.5. The highest BCUT2D eigenvalue weighted by Gasteiger charge is 2.20. The summed E-state index contributed by atoms with van der Waals surface area (Å²) in [6.07, 6.45) is -1.13. The van der Waals surface area contributed by atoms with Crippen molar-refractivity contribution in [3.63, 3.8) is 0 Å². The van der Waals surface area contributed by atoms with Crippen LogP contribution in [0, 0.1) is 10.1 Å². The fourth-order valence-corrected chi connectivity index (χ4v) is 2.92. The van der Waals surface area contributed by atoms with Crippen LogP contribution in [0.25, 0.3) is 11.5 Å². The molecule has 0 aliphatic carbocycles. The van der Waals surface area contributed by atoms with Gasteiger partial charge >= 0.3 is 5.69 Å². The van der Waals surface area contributed by atoms with Crippen LogP contribution in [0.5, 0.6) is 11.5 Å². The first-order valence-corrected chi connectivity index (χ1v) is 9.18. The molecular formula is C21H14ClN3O5. The Balaban J connectivity index is 1.52. The number of nitrogens with zero attached hydrogens (tertiary/aromatic N) is 3. The maximum absolute atomic E-state index is 11.2. The molecule has 0 saturated heterocycles. The summed E-state index contributed by atoms with van der Waals surface area (Å²) in [6, 6.07) is 19.7. The molecule has 1 atom stereocenters. The highest BCUT2D eigenvalue weighted by Crippen LogP contribution is 2.34. The molecule has 0 radical (unpaired) electrons. The lowest BCUT2D eigenvalue weighted by atomic mass is 10.1. The van der Waals surface area contributed by atoms with E-state index in [1.165, 1.54) is 18.2 Å². The molecule has 8 nitrogen and oxygen atoms in total. The molecule has 3 aromatic carbocycles. The zero-order chi connectivity index (χ0) is 21.1. The van der Waals surface area contributed by atoms with Crippen LogP contribution in [-0.4, -0.2) is 20.2 Å². The summed E-state index contributed by atoms with van der Waals surface area (Å²) >= 11 is 5.81. The number of halogens is 1. The number of aromatic nitrogens is 2. The van der Waals surface area contributed by atoms with E-state index in [4.69, 9.17) is 20.8 Å². The molecule has 9 heteroatoms. The number of nitro groups is 1. The smallest absolute Gasteiger partial charge is 0.313 e. The van der Waals surface area contributed by atoms with Crippen molar-refractivity contribution in [2.24, 2.45) is 0 Å². The summed E-state index contributed by atoms with van der Waals surface area (Å²) in [4.78, 5) is 10.6. The van der Waals surface area contributed by atoms with Gasteiger partial charge in [-0.2, -0.15) is 0 Å². The van der Waals surface area contributed by atoms with Gasteiger partial charge in [0.05, 0.1) is 4.92 Å². The molecule has 150 valence electrons. The monoisotopic (exact) mass is 423 g/mol. The number of hydrogen-bond donors (Lipinski definition) is 1. The highest BCUT2D eigenvalue weighted by atomic mass is 35.5.